The van der Waals surface area contributed by atoms with E-state index in [0.29, 0.717) is 19.3 Å². The van der Waals surface area contributed by atoms with E-state index in [2.05, 4.69) is 158 Å². The van der Waals surface area contributed by atoms with Crippen molar-refractivity contribution < 1.29 is 58.3 Å². The molecule has 5 rings (SSSR count). The third kappa shape index (κ3) is 275. The Hall–Kier alpha value is -3.90. The first kappa shape index (κ1) is 259. The molecule has 0 fully saturated rings. The SMILES string of the molecule is C.C.C.C.C.C.C.C.C.C.C.C.C.C.C.C.C.C.C.C.C.C.C.C.C.C.C.CC.CC.CC.CC.CC.CCCOC.CCCOC.CCCOC.CN(C)C.COC(C)C.COC(C)CO.COC(C)CO.COCCCO.COCCCO.Cc1ccc2ccccc2c1.Cc1cccc2ccccc12.Cc1ccccc1. The van der Waals surface area contributed by atoms with Crippen molar-refractivity contribution in [1.29, 1.82) is 0 Å². The lowest BCUT2D eigenvalue weighted by Crippen LogP contribution is -2.08. The van der Waals surface area contributed by atoms with E-state index in [-0.39, 0.29) is 239 Å². The largest absolute Gasteiger partial charge is 0.396 e. The molecule has 5 aromatic rings. The van der Waals surface area contributed by atoms with Gasteiger partial charge in [-0.15, -0.1) is 0 Å². The van der Waals surface area contributed by atoms with E-state index in [1.165, 1.54) is 38.2 Å². The summed E-state index contributed by atoms with van der Waals surface area (Å²) in [4.78, 5) is 2.00. The molecule has 13 heteroatoms. The molecule has 736 valence electrons. The lowest BCUT2D eigenvalue weighted by atomic mass is 10.1. The molecule has 0 aromatic heterocycles. The summed E-state index contributed by atoms with van der Waals surface area (Å²) in [6.45, 7) is 44.9. The zero-order chi connectivity index (χ0) is 70.3. The molecule has 0 aliphatic rings. The monoisotopic (exact) mass is 1670 g/mol. The maximum atomic E-state index is 8.21. The Labute approximate surface area is 739 Å². The lowest BCUT2D eigenvalue weighted by Gasteiger charge is -2.00. The average molecular weight is 1680 g/mol. The minimum absolute atomic E-state index is 0. The van der Waals surface area contributed by atoms with Gasteiger partial charge in [-0.3, -0.25) is 0 Å². The highest BCUT2D eigenvalue weighted by molar-refractivity contribution is 5.85. The Morgan fingerprint density at radius 3 is 0.702 bits per heavy atom. The standard InChI is InChI=1S/2C11H10.C7H8.4C4H10O2.4C4H10O.C3H9N.5C2H6.27CH4/c1-9-5-4-7-10-6-2-3-8-11(9)10;1-9-6-7-10-4-2-3-5-11(10)8-9;1-7-5-3-2-4-6-7;2*1-4(3-5)6-2;2*1-6-4-2-3-5;1-4(2)5-3;3*1-3-4-5-2;1-4(2)3;5*1-2;;;;;;;;;;;;;;;;;;;;;;;;;;;/h2*2-8H,1H3;2-6H,1H3;2*4-5H,3H2,1-2H3;2*5H,2-4H2,1H3;4H,1-3H3;3*3-4H2,1-2H3;1-3H3;5*1-2H3;27*1H4. The molecule has 0 bridgehead atoms. The number of ether oxygens (including phenoxy) is 8. The van der Waals surface area contributed by atoms with E-state index in [1.54, 1.807) is 70.7 Å². The molecule has 0 heterocycles. The van der Waals surface area contributed by atoms with Crippen molar-refractivity contribution in [3.8, 4) is 0 Å². The van der Waals surface area contributed by atoms with Gasteiger partial charge in [-0.25, -0.2) is 0 Å². The van der Waals surface area contributed by atoms with Crippen molar-refractivity contribution in [1.82, 2.24) is 4.90 Å². The minimum atomic E-state index is -0.00926. The molecule has 2 unspecified atom stereocenters. The number of methoxy groups -OCH3 is 8. The van der Waals surface area contributed by atoms with Crippen LogP contribution in [0, 0.1) is 20.8 Å². The fraction of sp³-hybridized carbons (Fsp3) is 0.743. The summed E-state index contributed by atoms with van der Waals surface area (Å²) in [5, 5.41) is 38.0. The van der Waals surface area contributed by atoms with Gasteiger partial charge in [0.05, 0.1) is 31.5 Å². The van der Waals surface area contributed by atoms with Crippen molar-refractivity contribution in [2.24, 2.45) is 0 Å². The summed E-state index contributed by atoms with van der Waals surface area (Å²) >= 11 is 0. The number of aliphatic hydroxyl groups excluding tert-OH is 4. The van der Waals surface area contributed by atoms with Crippen molar-refractivity contribution >= 4 is 21.5 Å². The van der Waals surface area contributed by atoms with Gasteiger partial charge in [-0.2, -0.15) is 0 Å². The maximum absolute atomic E-state index is 8.21. The Kier molecular flexibility index (Phi) is 590. The Morgan fingerprint density at radius 2 is 0.526 bits per heavy atom. The van der Waals surface area contributed by atoms with Crippen LogP contribution in [-0.4, -0.2) is 181 Å². The topological polar surface area (TPSA) is 158 Å². The molecule has 0 saturated heterocycles. The molecule has 0 amide bonds. The number of aryl methyl sites for hydroxylation is 3. The molecule has 114 heavy (non-hydrogen) atoms. The van der Waals surface area contributed by atoms with Crippen LogP contribution >= 0.6 is 0 Å². The number of hydrogen-bond acceptors (Lipinski definition) is 13. The van der Waals surface area contributed by atoms with Crippen LogP contribution < -0.4 is 0 Å². The molecule has 0 spiro atoms. The van der Waals surface area contributed by atoms with Gasteiger partial charge < -0.3 is 63.2 Å². The van der Waals surface area contributed by atoms with Gasteiger partial charge in [-0.05, 0) is 129 Å². The van der Waals surface area contributed by atoms with Crippen LogP contribution in [0.3, 0.4) is 0 Å². The van der Waals surface area contributed by atoms with Gasteiger partial charge in [0.15, 0.2) is 0 Å². The van der Waals surface area contributed by atoms with Crippen LogP contribution in [0.2, 0.25) is 0 Å². The van der Waals surface area contributed by atoms with E-state index in [4.69, 9.17) is 39.4 Å². The van der Waals surface area contributed by atoms with Gasteiger partial charge in [0, 0.05) is 103 Å². The number of benzene rings is 5. The number of hydrogen-bond donors (Lipinski definition) is 4. The predicted octanol–water partition coefficient (Wildman–Crippen LogP) is 35.0. The minimum Gasteiger partial charge on any atom is -0.396 e. The molecule has 5 aromatic carbocycles. The van der Waals surface area contributed by atoms with E-state index >= 15 is 0 Å². The second-order valence-corrected chi connectivity index (χ2v) is 17.5. The van der Waals surface area contributed by atoms with Crippen molar-refractivity contribution in [2.45, 2.75) is 389 Å². The van der Waals surface area contributed by atoms with Crippen LogP contribution in [0.5, 0.6) is 0 Å². The molecule has 0 aliphatic heterocycles. The average Bonchev–Trinajstić information content (AvgIpc) is 0.859. The maximum Gasteiger partial charge on any atom is 0.0773 e. The Balaban J connectivity index is -0.0000000142. The highest BCUT2D eigenvalue weighted by Gasteiger charge is 1.93. The van der Waals surface area contributed by atoms with Crippen LogP contribution in [-0.2, 0) is 37.9 Å². The molecule has 13 nitrogen and oxygen atoms in total. The van der Waals surface area contributed by atoms with E-state index in [0.717, 1.165) is 51.9 Å². The zero-order valence-electron chi connectivity index (χ0n) is 62.6. The van der Waals surface area contributed by atoms with Crippen molar-refractivity contribution in [3.63, 3.8) is 0 Å². The summed E-state index contributed by atoms with van der Waals surface area (Å²) in [6.07, 6.45) is 5.22. The first-order valence-corrected chi connectivity index (χ1v) is 31.8. The van der Waals surface area contributed by atoms with E-state index < -0.39 is 0 Å². The van der Waals surface area contributed by atoms with Gasteiger partial charge in [0.1, 0.15) is 0 Å². The van der Waals surface area contributed by atoms with Crippen LogP contribution in [0.1, 0.15) is 367 Å². The number of aliphatic hydroxyl groups is 4. The summed E-state index contributed by atoms with van der Waals surface area (Å²) < 4.78 is 37.4. The second kappa shape index (κ2) is 259. The molecule has 0 radical (unpaired) electrons. The second-order valence-electron chi connectivity index (χ2n) is 17.5. The van der Waals surface area contributed by atoms with Gasteiger partial charge in [0.2, 0.25) is 0 Å². The Morgan fingerprint density at radius 1 is 0.289 bits per heavy atom. The fourth-order valence-corrected chi connectivity index (χ4v) is 4.41. The van der Waals surface area contributed by atoms with Crippen molar-refractivity contribution in [3.05, 3.63) is 132 Å². The zero-order valence-corrected chi connectivity index (χ0v) is 62.6. The lowest BCUT2D eigenvalue weighted by molar-refractivity contribution is 0.0623. The molecular formula is C101H255NO12. The molecule has 4 N–H and O–H groups in total. The van der Waals surface area contributed by atoms with E-state index in [1.807, 2.05) is 127 Å². The molecule has 0 aliphatic carbocycles. The molecule has 2 atom stereocenters. The first-order valence-electron chi connectivity index (χ1n) is 31.8. The third-order valence-electron chi connectivity index (χ3n) is 8.88. The highest BCUT2D eigenvalue weighted by Crippen LogP contribution is 2.17. The van der Waals surface area contributed by atoms with Gasteiger partial charge in [-0.1, -0.05) is 417 Å². The van der Waals surface area contributed by atoms with Gasteiger partial charge in [0.25, 0.3) is 0 Å². The number of rotatable bonds is 17. The van der Waals surface area contributed by atoms with E-state index in [9.17, 15) is 0 Å². The Bertz CT molecular complexity index is 1720. The fourth-order valence-electron chi connectivity index (χ4n) is 4.41. The number of fused-ring (bicyclic) bond motifs is 2. The third-order valence-corrected chi connectivity index (χ3v) is 8.88. The molecular weight excluding hydrogens is 1420 g/mol. The number of nitrogens with zero attached hydrogens (tertiary/aromatic N) is 1. The summed E-state index contributed by atoms with van der Waals surface area (Å²) in [7, 11) is 19.2. The quantitative estimate of drug-likeness (QED) is 0.0653. The predicted molar refractivity (Wildman–Crippen MR) is 570 cm³/mol. The highest BCUT2D eigenvalue weighted by atomic mass is 16.5. The van der Waals surface area contributed by atoms with Crippen LogP contribution in [0.25, 0.3) is 21.5 Å². The van der Waals surface area contributed by atoms with Crippen molar-refractivity contribution in [2.75, 3.05) is 137 Å². The molecule has 0 saturated carbocycles. The summed E-state index contributed by atoms with van der Waals surface area (Å²) in [5.41, 5.74) is 3.99. The first-order chi connectivity index (χ1) is 41.8. The normalized spacial score (nSPS) is 7.10. The van der Waals surface area contributed by atoms with Gasteiger partial charge >= 0.3 is 0 Å². The van der Waals surface area contributed by atoms with Crippen LogP contribution in [0.15, 0.2) is 115 Å². The van der Waals surface area contributed by atoms with Crippen LogP contribution in [0.4, 0.5) is 0 Å². The summed E-state index contributed by atoms with van der Waals surface area (Å²) in [5.74, 6) is 0. The summed E-state index contributed by atoms with van der Waals surface area (Å²) in [6, 6.07) is 40.0. The smallest absolute Gasteiger partial charge is 0.0773 e.